The second-order valence-electron chi connectivity index (χ2n) is 4.62. The minimum Gasteiger partial charge on any atom is -0.478 e. The van der Waals surface area contributed by atoms with Crippen LogP contribution in [0.15, 0.2) is 18.3 Å². The van der Waals surface area contributed by atoms with Crippen LogP contribution in [0, 0.1) is 0 Å². The van der Waals surface area contributed by atoms with Gasteiger partial charge in [0.05, 0.1) is 6.61 Å². The van der Waals surface area contributed by atoms with Gasteiger partial charge in [-0.2, -0.15) is 0 Å². The van der Waals surface area contributed by atoms with Gasteiger partial charge in [-0.05, 0) is 44.5 Å². The van der Waals surface area contributed by atoms with Crippen molar-refractivity contribution in [2.45, 2.75) is 31.8 Å². The molecule has 0 aliphatic carbocycles. The zero-order valence-corrected chi connectivity index (χ0v) is 10.4. The fraction of sp³-hybridized carbons (Fsp3) is 0.615. The van der Waals surface area contributed by atoms with Gasteiger partial charge in [-0.15, -0.1) is 0 Å². The van der Waals surface area contributed by atoms with Crippen molar-refractivity contribution in [1.29, 1.82) is 0 Å². The largest absolute Gasteiger partial charge is 0.478 e. The first-order chi connectivity index (χ1) is 8.29. The van der Waals surface area contributed by atoms with Gasteiger partial charge in [-0.1, -0.05) is 0 Å². The average molecular weight is 235 g/mol. The zero-order chi connectivity index (χ0) is 12.1. The van der Waals surface area contributed by atoms with E-state index in [-0.39, 0.29) is 0 Å². The Morgan fingerprint density at radius 1 is 1.59 bits per heavy atom. The lowest BCUT2D eigenvalue weighted by Gasteiger charge is -2.19. The molecule has 2 heterocycles. The van der Waals surface area contributed by atoms with E-state index < -0.39 is 0 Å². The van der Waals surface area contributed by atoms with Crippen molar-refractivity contribution < 1.29 is 4.74 Å². The van der Waals surface area contributed by atoms with Gasteiger partial charge in [0.15, 0.2) is 0 Å². The number of aromatic nitrogens is 1. The minimum absolute atomic E-state index is 0.532. The average Bonchev–Trinajstić information content (AvgIpc) is 2.76. The van der Waals surface area contributed by atoms with Crippen LogP contribution in [0.5, 0.6) is 5.88 Å². The van der Waals surface area contributed by atoms with Crippen molar-refractivity contribution >= 4 is 0 Å². The molecular weight excluding hydrogens is 214 g/mol. The van der Waals surface area contributed by atoms with Gasteiger partial charge in [0.1, 0.15) is 0 Å². The zero-order valence-electron chi connectivity index (χ0n) is 10.4. The molecule has 1 aromatic heterocycles. The van der Waals surface area contributed by atoms with E-state index in [0.29, 0.717) is 18.5 Å². The third kappa shape index (κ3) is 3.41. The molecule has 94 valence electrons. The Labute approximate surface area is 103 Å². The van der Waals surface area contributed by atoms with Crippen LogP contribution < -0.4 is 10.5 Å². The maximum Gasteiger partial charge on any atom is 0.213 e. The molecule has 0 spiro atoms. The van der Waals surface area contributed by atoms with Gasteiger partial charge < -0.3 is 15.4 Å². The van der Waals surface area contributed by atoms with E-state index in [9.17, 15) is 0 Å². The molecule has 0 radical (unpaired) electrons. The highest BCUT2D eigenvalue weighted by Gasteiger charge is 2.20. The predicted octanol–water partition coefficient (Wildman–Crippen LogP) is 1.40. The molecule has 0 amide bonds. The van der Waals surface area contributed by atoms with E-state index in [4.69, 9.17) is 10.5 Å². The van der Waals surface area contributed by atoms with Gasteiger partial charge in [0.25, 0.3) is 0 Å². The summed E-state index contributed by atoms with van der Waals surface area (Å²) in [5.41, 5.74) is 6.64. The van der Waals surface area contributed by atoms with E-state index in [0.717, 1.165) is 18.6 Å². The number of likely N-dealkylation sites (tertiary alicyclic amines) is 1. The lowest BCUT2D eigenvalue weighted by Crippen LogP contribution is -2.26. The maximum atomic E-state index is 5.67. The Hall–Kier alpha value is -1.13. The second-order valence-corrected chi connectivity index (χ2v) is 4.62. The molecule has 4 heteroatoms. The Morgan fingerprint density at radius 3 is 3.18 bits per heavy atom. The fourth-order valence-corrected chi connectivity index (χ4v) is 2.30. The standard InChI is InChI=1S/C13H21N3O/c1-16-7-2-3-12(16)5-8-17-13-9-11(10-14)4-6-15-13/h4,6,9,12H,2-3,5,7-8,10,14H2,1H3. The number of nitrogens with two attached hydrogens (primary N) is 1. The normalized spacial score (nSPS) is 20.7. The number of pyridine rings is 1. The maximum absolute atomic E-state index is 5.67. The molecule has 1 atom stereocenters. The molecule has 1 saturated heterocycles. The fourth-order valence-electron chi connectivity index (χ4n) is 2.30. The first-order valence-electron chi connectivity index (χ1n) is 6.27. The Kier molecular flexibility index (Phi) is 4.34. The molecule has 1 fully saturated rings. The predicted molar refractivity (Wildman–Crippen MR) is 67.9 cm³/mol. The van der Waals surface area contributed by atoms with Crippen LogP contribution in [0.25, 0.3) is 0 Å². The number of ether oxygens (including phenoxy) is 1. The lowest BCUT2D eigenvalue weighted by molar-refractivity contribution is 0.228. The molecule has 0 aromatic carbocycles. The van der Waals surface area contributed by atoms with Crippen molar-refractivity contribution in [2.75, 3.05) is 20.2 Å². The molecule has 1 aliphatic rings. The van der Waals surface area contributed by atoms with Gasteiger partial charge in [-0.25, -0.2) is 4.98 Å². The van der Waals surface area contributed by atoms with E-state index in [2.05, 4.69) is 16.9 Å². The van der Waals surface area contributed by atoms with Crippen molar-refractivity contribution in [3.63, 3.8) is 0 Å². The molecule has 0 bridgehead atoms. The van der Waals surface area contributed by atoms with Gasteiger partial charge >= 0.3 is 0 Å². The summed E-state index contributed by atoms with van der Waals surface area (Å²) in [6.07, 6.45) is 5.42. The second kappa shape index (κ2) is 5.98. The molecule has 1 unspecified atom stereocenters. The Balaban J connectivity index is 1.77. The highest BCUT2D eigenvalue weighted by molar-refractivity contribution is 5.19. The van der Waals surface area contributed by atoms with Crippen LogP contribution >= 0.6 is 0 Å². The van der Waals surface area contributed by atoms with Crippen LogP contribution in [-0.4, -0.2) is 36.1 Å². The van der Waals surface area contributed by atoms with E-state index in [1.165, 1.54) is 19.4 Å². The summed E-state index contributed by atoms with van der Waals surface area (Å²) in [4.78, 5) is 6.59. The van der Waals surface area contributed by atoms with E-state index in [1.54, 1.807) is 6.20 Å². The molecule has 1 aliphatic heterocycles. The summed E-state index contributed by atoms with van der Waals surface area (Å²) in [7, 11) is 2.19. The monoisotopic (exact) mass is 235 g/mol. The number of nitrogens with zero attached hydrogens (tertiary/aromatic N) is 2. The molecular formula is C13H21N3O. The highest BCUT2D eigenvalue weighted by atomic mass is 16.5. The van der Waals surface area contributed by atoms with Gasteiger partial charge in [0, 0.05) is 24.8 Å². The Bertz CT molecular complexity index is 356. The van der Waals surface area contributed by atoms with Crippen LogP contribution in [0.1, 0.15) is 24.8 Å². The molecule has 2 N–H and O–H groups in total. The molecule has 4 nitrogen and oxygen atoms in total. The Morgan fingerprint density at radius 2 is 2.47 bits per heavy atom. The molecule has 17 heavy (non-hydrogen) atoms. The number of hydrogen-bond donors (Lipinski definition) is 1. The van der Waals surface area contributed by atoms with Crippen molar-refractivity contribution in [1.82, 2.24) is 9.88 Å². The van der Waals surface area contributed by atoms with Gasteiger partial charge in [-0.3, -0.25) is 0 Å². The van der Waals surface area contributed by atoms with Crippen LogP contribution in [-0.2, 0) is 6.54 Å². The van der Waals surface area contributed by atoms with Gasteiger partial charge in [0.2, 0.25) is 5.88 Å². The summed E-state index contributed by atoms with van der Waals surface area (Å²) >= 11 is 0. The van der Waals surface area contributed by atoms with Crippen molar-refractivity contribution in [3.05, 3.63) is 23.9 Å². The number of rotatable bonds is 5. The summed E-state index contributed by atoms with van der Waals surface area (Å²) < 4.78 is 5.67. The smallest absolute Gasteiger partial charge is 0.213 e. The van der Waals surface area contributed by atoms with Crippen LogP contribution in [0.2, 0.25) is 0 Å². The van der Waals surface area contributed by atoms with E-state index >= 15 is 0 Å². The molecule has 0 saturated carbocycles. The summed E-state index contributed by atoms with van der Waals surface area (Å²) in [6.45, 7) is 2.48. The summed E-state index contributed by atoms with van der Waals surface area (Å²) in [5, 5.41) is 0. The third-order valence-electron chi connectivity index (χ3n) is 3.41. The SMILES string of the molecule is CN1CCCC1CCOc1cc(CN)ccn1. The lowest BCUT2D eigenvalue weighted by atomic mass is 10.1. The summed E-state index contributed by atoms with van der Waals surface area (Å²) in [6, 6.07) is 4.50. The van der Waals surface area contributed by atoms with E-state index in [1.807, 2.05) is 12.1 Å². The van der Waals surface area contributed by atoms with Crippen LogP contribution in [0.4, 0.5) is 0 Å². The third-order valence-corrected chi connectivity index (χ3v) is 3.41. The number of hydrogen-bond acceptors (Lipinski definition) is 4. The molecule has 1 aromatic rings. The van der Waals surface area contributed by atoms with Crippen LogP contribution in [0.3, 0.4) is 0 Å². The summed E-state index contributed by atoms with van der Waals surface area (Å²) in [5.74, 6) is 0.689. The first-order valence-corrected chi connectivity index (χ1v) is 6.27. The topological polar surface area (TPSA) is 51.4 Å². The molecule has 2 rings (SSSR count). The van der Waals surface area contributed by atoms with Crippen molar-refractivity contribution in [3.8, 4) is 5.88 Å². The first kappa shape index (κ1) is 12.3. The van der Waals surface area contributed by atoms with Crippen molar-refractivity contribution in [2.24, 2.45) is 5.73 Å². The minimum atomic E-state index is 0.532. The quantitative estimate of drug-likeness (QED) is 0.838. The highest BCUT2D eigenvalue weighted by Crippen LogP contribution is 2.18.